The number of hydrogen-bond donors (Lipinski definition) is 1. The number of piperidine rings is 1. The lowest BCUT2D eigenvalue weighted by molar-refractivity contribution is 0.0945. The fraction of sp³-hybridized carbons (Fsp3) is 0.304. The van der Waals surface area contributed by atoms with E-state index in [0.29, 0.717) is 18.2 Å². The fourth-order valence-corrected chi connectivity index (χ4v) is 3.73. The van der Waals surface area contributed by atoms with Gasteiger partial charge in [-0.15, -0.1) is 0 Å². The molecular formula is C23H25N5O. The van der Waals surface area contributed by atoms with E-state index in [2.05, 4.69) is 55.5 Å². The predicted molar refractivity (Wildman–Crippen MR) is 113 cm³/mol. The molecular weight excluding hydrogens is 362 g/mol. The van der Waals surface area contributed by atoms with Gasteiger partial charge in [-0.1, -0.05) is 30.3 Å². The molecule has 1 aromatic carbocycles. The molecule has 1 aliphatic heterocycles. The van der Waals surface area contributed by atoms with Gasteiger partial charge in [0.1, 0.15) is 17.8 Å². The van der Waals surface area contributed by atoms with E-state index in [0.717, 1.165) is 43.7 Å². The monoisotopic (exact) mass is 387 g/mol. The number of carbonyl (C=O) groups excluding carboxylic acids is 1. The van der Waals surface area contributed by atoms with Crippen LogP contribution in [0.3, 0.4) is 0 Å². The van der Waals surface area contributed by atoms with Crippen molar-refractivity contribution in [2.75, 3.05) is 18.0 Å². The van der Waals surface area contributed by atoms with Gasteiger partial charge in [0.2, 0.25) is 0 Å². The van der Waals surface area contributed by atoms with Gasteiger partial charge in [-0.3, -0.25) is 9.78 Å². The van der Waals surface area contributed by atoms with Crippen molar-refractivity contribution >= 4 is 11.7 Å². The first-order valence-electron chi connectivity index (χ1n) is 10.1. The second-order valence-electron chi connectivity index (χ2n) is 7.42. The van der Waals surface area contributed by atoms with E-state index in [1.807, 2.05) is 12.1 Å². The van der Waals surface area contributed by atoms with Gasteiger partial charge in [-0.05, 0) is 48.4 Å². The Labute approximate surface area is 171 Å². The summed E-state index contributed by atoms with van der Waals surface area (Å²) in [4.78, 5) is 27.3. The van der Waals surface area contributed by atoms with E-state index in [4.69, 9.17) is 0 Å². The van der Waals surface area contributed by atoms with Crippen molar-refractivity contribution < 1.29 is 4.79 Å². The van der Waals surface area contributed by atoms with Gasteiger partial charge in [0.15, 0.2) is 0 Å². The number of anilines is 1. The minimum absolute atomic E-state index is 0.190. The molecule has 29 heavy (non-hydrogen) atoms. The Kier molecular flexibility index (Phi) is 6.10. The first-order valence-corrected chi connectivity index (χ1v) is 10.1. The molecule has 1 aliphatic rings. The van der Waals surface area contributed by atoms with Gasteiger partial charge < -0.3 is 10.2 Å². The summed E-state index contributed by atoms with van der Waals surface area (Å²) in [6.07, 6.45) is 8.29. The van der Waals surface area contributed by atoms with Crippen LogP contribution in [-0.4, -0.2) is 33.9 Å². The van der Waals surface area contributed by atoms with Crippen LogP contribution in [0.25, 0.3) is 0 Å². The summed E-state index contributed by atoms with van der Waals surface area (Å²) >= 11 is 0. The molecule has 148 valence electrons. The number of carbonyl (C=O) groups is 1. The maximum Gasteiger partial charge on any atom is 0.270 e. The highest BCUT2D eigenvalue weighted by molar-refractivity contribution is 5.92. The number of pyridine rings is 1. The summed E-state index contributed by atoms with van der Waals surface area (Å²) in [5, 5.41) is 2.90. The second kappa shape index (κ2) is 9.28. The molecule has 1 amide bonds. The summed E-state index contributed by atoms with van der Waals surface area (Å²) in [7, 11) is 0. The standard InChI is InChI=1S/C23H25N5O/c29-23(25-16-20-6-10-24-11-7-20)21-15-22(27-17-26-21)28-12-8-19(9-13-28)14-18-4-2-1-3-5-18/h1-7,10-11,15,17,19H,8-9,12-14,16H2,(H,25,29). The van der Waals surface area contributed by atoms with Crippen LogP contribution in [-0.2, 0) is 13.0 Å². The highest BCUT2D eigenvalue weighted by Gasteiger charge is 2.21. The number of nitrogens with one attached hydrogen (secondary N) is 1. The molecule has 0 unspecified atom stereocenters. The summed E-state index contributed by atoms with van der Waals surface area (Å²) < 4.78 is 0. The van der Waals surface area contributed by atoms with Gasteiger partial charge in [-0.25, -0.2) is 9.97 Å². The van der Waals surface area contributed by atoms with Crippen LogP contribution in [0.2, 0.25) is 0 Å². The zero-order valence-corrected chi connectivity index (χ0v) is 16.4. The lowest BCUT2D eigenvalue weighted by Crippen LogP contribution is -2.35. The first kappa shape index (κ1) is 19.1. The van der Waals surface area contributed by atoms with Gasteiger partial charge in [0.25, 0.3) is 5.91 Å². The quantitative estimate of drug-likeness (QED) is 0.703. The number of benzene rings is 1. The average molecular weight is 387 g/mol. The van der Waals surface area contributed by atoms with Crippen LogP contribution in [0.5, 0.6) is 0 Å². The second-order valence-corrected chi connectivity index (χ2v) is 7.42. The molecule has 6 heteroatoms. The topological polar surface area (TPSA) is 71.0 Å². The third-order valence-electron chi connectivity index (χ3n) is 5.39. The molecule has 1 saturated heterocycles. The molecule has 0 atom stereocenters. The summed E-state index contributed by atoms with van der Waals surface area (Å²) in [5.74, 6) is 1.33. The molecule has 0 bridgehead atoms. The van der Waals surface area contributed by atoms with Crippen molar-refractivity contribution in [1.82, 2.24) is 20.3 Å². The molecule has 0 saturated carbocycles. The van der Waals surface area contributed by atoms with Crippen molar-refractivity contribution in [3.05, 3.63) is 84.1 Å². The average Bonchev–Trinajstić information content (AvgIpc) is 2.79. The SMILES string of the molecule is O=C(NCc1ccncc1)c1cc(N2CCC(Cc3ccccc3)CC2)ncn1. The number of rotatable bonds is 6. The van der Waals surface area contributed by atoms with Crippen molar-refractivity contribution in [2.24, 2.45) is 5.92 Å². The molecule has 4 rings (SSSR count). The molecule has 0 spiro atoms. The smallest absolute Gasteiger partial charge is 0.270 e. The molecule has 6 nitrogen and oxygen atoms in total. The Balaban J connectivity index is 1.32. The number of nitrogens with zero attached hydrogens (tertiary/aromatic N) is 4. The van der Waals surface area contributed by atoms with Gasteiger partial charge in [0, 0.05) is 38.1 Å². The third-order valence-corrected chi connectivity index (χ3v) is 5.39. The van der Waals surface area contributed by atoms with Gasteiger partial charge >= 0.3 is 0 Å². The minimum atomic E-state index is -0.190. The molecule has 0 aliphatic carbocycles. The van der Waals surface area contributed by atoms with Crippen LogP contribution in [0.4, 0.5) is 5.82 Å². The molecule has 2 aromatic heterocycles. The van der Waals surface area contributed by atoms with E-state index < -0.39 is 0 Å². The molecule has 0 radical (unpaired) electrons. The Morgan fingerprint density at radius 3 is 2.52 bits per heavy atom. The number of amides is 1. The maximum absolute atomic E-state index is 12.5. The largest absolute Gasteiger partial charge is 0.356 e. The van der Waals surface area contributed by atoms with E-state index in [9.17, 15) is 4.79 Å². The van der Waals surface area contributed by atoms with Crippen LogP contribution < -0.4 is 10.2 Å². The van der Waals surface area contributed by atoms with Gasteiger partial charge in [0.05, 0.1) is 0 Å². The molecule has 3 aromatic rings. The maximum atomic E-state index is 12.5. The normalized spacial score (nSPS) is 14.6. The summed E-state index contributed by atoms with van der Waals surface area (Å²) in [6, 6.07) is 16.2. The van der Waals surface area contributed by atoms with Crippen molar-refractivity contribution in [1.29, 1.82) is 0 Å². The molecule has 1 N–H and O–H groups in total. The minimum Gasteiger partial charge on any atom is -0.356 e. The van der Waals surface area contributed by atoms with E-state index in [1.165, 1.54) is 11.9 Å². The Morgan fingerprint density at radius 1 is 1.00 bits per heavy atom. The zero-order valence-electron chi connectivity index (χ0n) is 16.4. The van der Waals surface area contributed by atoms with Crippen LogP contribution >= 0.6 is 0 Å². The Morgan fingerprint density at radius 2 is 1.76 bits per heavy atom. The molecule has 3 heterocycles. The van der Waals surface area contributed by atoms with Gasteiger partial charge in [-0.2, -0.15) is 0 Å². The van der Waals surface area contributed by atoms with E-state index in [-0.39, 0.29) is 5.91 Å². The predicted octanol–water partition coefficient (Wildman–Crippen LogP) is 3.26. The first-order chi connectivity index (χ1) is 14.3. The Hall–Kier alpha value is -3.28. The number of aromatic nitrogens is 3. The lowest BCUT2D eigenvalue weighted by atomic mass is 9.90. The lowest BCUT2D eigenvalue weighted by Gasteiger charge is -2.33. The zero-order chi connectivity index (χ0) is 19.9. The number of hydrogen-bond acceptors (Lipinski definition) is 5. The highest BCUT2D eigenvalue weighted by atomic mass is 16.1. The van der Waals surface area contributed by atoms with E-state index >= 15 is 0 Å². The summed E-state index contributed by atoms with van der Waals surface area (Å²) in [5.41, 5.74) is 2.81. The fourth-order valence-electron chi connectivity index (χ4n) is 3.73. The summed E-state index contributed by atoms with van der Waals surface area (Å²) in [6.45, 7) is 2.35. The van der Waals surface area contributed by atoms with Crippen LogP contribution in [0, 0.1) is 5.92 Å². The Bertz CT molecular complexity index is 924. The van der Waals surface area contributed by atoms with Crippen LogP contribution in [0.1, 0.15) is 34.5 Å². The highest BCUT2D eigenvalue weighted by Crippen LogP contribution is 2.24. The van der Waals surface area contributed by atoms with E-state index in [1.54, 1.807) is 18.5 Å². The molecule has 1 fully saturated rings. The third kappa shape index (κ3) is 5.16. The van der Waals surface area contributed by atoms with Crippen LogP contribution in [0.15, 0.2) is 67.3 Å². The van der Waals surface area contributed by atoms with Crippen molar-refractivity contribution in [3.63, 3.8) is 0 Å². The van der Waals surface area contributed by atoms with Crippen molar-refractivity contribution in [2.45, 2.75) is 25.8 Å². The van der Waals surface area contributed by atoms with Crippen molar-refractivity contribution in [3.8, 4) is 0 Å².